The second kappa shape index (κ2) is 8.60. The second-order valence-corrected chi connectivity index (χ2v) is 7.18. The first-order valence-electron chi connectivity index (χ1n) is 9.02. The number of benzene rings is 1. The third-order valence-corrected chi connectivity index (χ3v) is 5.25. The van der Waals surface area contributed by atoms with E-state index in [2.05, 4.69) is 24.7 Å². The predicted molar refractivity (Wildman–Crippen MR) is 105 cm³/mol. The van der Waals surface area contributed by atoms with Gasteiger partial charge >= 0.3 is 0 Å². The van der Waals surface area contributed by atoms with E-state index in [4.69, 9.17) is 12.2 Å². The van der Waals surface area contributed by atoms with Crippen LogP contribution in [-0.2, 0) is 13.6 Å². The number of hydrogen-bond acceptors (Lipinski definition) is 3. The molecule has 2 aromatic rings. The van der Waals surface area contributed by atoms with E-state index in [0.717, 1.165) is 55.6 Å². The first kappa shape index (κ1) is 18.8. The standard InChI is InChI=1S/C19H26FN5S/c1-15(16-4-6-17(20)7-5-16)22-19(26)25-10-3-9-24(12-13-25)14-18-21-8-11-23(18)2/h4-8,11,15H,3,9-10,12-14H2,1-2H3,(H,22,26). The molecule has 5 nitrogen and oxygen atoms in total. The average Bonchev–Trinajstić information content (AvgIpc) is 2.88. The molecule has 0 radical (unpaired) electrons. The van der Waals surface area contributed by atoms with Crippen LogP contribution in [0.15, 0.2) is 36.7 Å². The minimum atomic E-state index is -0.219. The Morgan fingerprint density at radius 1 is 1.23 bits per heavy atom. The van der Waals surface area contributed by atoms with Crippen molar-refractivity contribution in [2.45, 2.75) is 25.9 Å². The van der Waals surface area contributed by atoms with Gasteiger partial charge < -0.3 is 14.8 Å². The van der Waals surface area contributed by atoms with E-state index in [-0.39, 0.29) is 11.9 Å². The first-order chi connectivity index (χ1) is 12.5. The van der Waals surface area contributed by atoms with Crippen molar-refractivity contribution < 1.29 is 4.39 Å². The van der Waals surface area contributed by atoms with Crippen molar-refractivity contribution in [3.8, 4) is 0 Å². The minimum absolute atomic E-state index is 0.0509. The van der Waals surface area contributed by atoms with E-state index in [1.54, 1.807) is 12.1 Å². The monoisotopic (exact) mass is 375 g/mol. The Balaban J connectivity index is 1.52. The highest BCUT2D eigenvalue weighted by Crippen LogP contribution is 2.14. The van der Waals surface area contributed by atoms with Gasteiger partial charge in [0.15, 0.2) is 5.11 Å². The van der Waals surface area contributed by atoms with Gasteiger partial charge in [-0.05, 0) is 43.3 Å². The molecule has 0 saturated carbocycles. The van der Waals surface area contributed by atoms with Gasteiger partial charge in [-0.2, -0.15) is 0 Å². The third-order valence-electron chi connectivity index (χ3n) is 4.87. The molecule has 1 N–H and O–H groups in total. The van der Waals surface area contributed by atoms with Gasteiger partial charge in [-0.25, -0.2) is 9.37 Å². The van der Waals surface area contributed by atoms with Crippen LogP contribution in [-0.4, -0.2) is 50.6 Å². The van der Waals surface area contributed by atoms with Gasteiger partial charge in [0.25, 0.3) is 0 Å². The van der Waals surface area contributed by atoms with E-state index in [9.17, 15) is 4.39 Å². The number of thiocarbonyl (C=S) groups is 1. The van der Waals surface area contributed by atoms with Crippen molar-refractivity contribution in [1.82, 2.24) is 24.7 Å². The molecule has 1 fully saturated rings. The van der Waals surface area contributed by atoms with E-state index in [1.165, 1.54) is 12.1 Å². The molecule has 1 atom stereocenters. The smallest absolute Gasteiger partial charge is 0.169 e. The molecule has 1 aromatic heterocycles. The number of nitrogens with zero attached hydrogens (tertiary/aromatic N) is 4. The molecule has 0 aliphatic carbocycles. The normalized spacial score (nSPS) is 17.0. The molecule has 3 rings (SSSR count). The molecule has 0 bridgehead atoms. The molecule has 1 unspecified atom stereocenters. The maximum absolute atomic E-state index is 13.1. The first-order valence-corrected chi connectivity index (χ1v) is 9.43. The molecular weight excluding hydrogens is 349 g/mol. The van der Waals surface area contributed by atoms with Crippen LogP contribution in [0.1, 0.15) is 30.8 Å². The van der Waals surface area contributed by atoms with Crippen molar-refractivity contribution >= 4 is 17.3 Å². The lowest BCUT2D eigenvalue weighted by Crippen LogP contribution is -2.42. The Morgan fingerprint density at radius 3 is 2.69 bits per heavy atom. The molecule has 1 aliphatic rings. The summed E-state index contributed by atoms with van der Waals surface area (Å²) in [5.74, 6) is 0.868. The fraction of sp³-hybridized carbons (Fsp3) is 0.474. The highest BCUT2D eigenvalue weighted by molar-refractivity contribution is 7.80. The van der Waals surface area contributed by atoms with Gasteiger partial charge in [-0.15, -0.1) is 0 Å². The van der Waals surface area contributed by atoms with E-state index in [1.807, 2.05) is 26.4 Å². The Hall–Kier alpha value is -1.99. The lowest BCUT2D eigenvalue weighted by Gasteiger charge is -2.27. The van der Waals surface area contributed by atoms with Crippen molar-refractivity contribution in [2.24, 2.45) is 7.05 Å². The van der Waals surface area contributed by atoms with Gasteiger partial charge in [-0.3, -0.25) is 4.90 Å². The number of aryl methyl sites for hydroxylation is 1. The van der Waals surface area contributed by atoms with Crippen LogP contribution < -0.4 is 5.32 Å². The summed E-state index contributed by atoms with van der Waals surface area (Å²) >= 11 is 5.62. The summed E-state index contributed by atoms with van der Waals surface area (Å²) in [7, 11) is 2.03. The SMILES string of the molecule is CC(NC(=S)N1CCCN(Cc2nccn2C)CC1)c1ccc(F)cc1. The maximum atomic E-state index is 13.1. The van der Waals surface area contributed by atoms with Crippen LogP contribution in [0.2, 0.25) is 0 Å². The molecule has 7 heteroatoms. The number of aromatic nitrogens is 2. The van der Waals surface area contributed by atoms with Crippen molar-refractivity contribution in [2.75, 3.05) is 26.2 Å². The predicted octanol–water partition coefficient (Wildman–Crippen LogP) is 2.70. The Kier molecular flexibility index (Phi) is 6.21. The van der Waals surface area contributed by atoms with E-state index >= 15 is 0 Å². The largest absolute Gasteiger partial charge is 0.356 e. The van der Waals surface area contributed by atoms with Gasteiger partial charge in [-0.1, -0.05) is 12.1 Å². The summed E-state index contributed by atoms with van der Waals surface area (Å²) in [4.78, 5) is 9.07. The quantitative estimate of drug-likeness (QED) is 0.832. The summed E-state index contributed by atoms with van der Waals surface area (Å²) in [5, 5.41) is 4.15. The zero-order valence-electron chi connectivity index (χ0n) is 15.4. The minimum Gasteiger partial charge on any atom is -0.356 e. The molecule has 1 saturated heterocycles. The molecule has 1 aliphatic heterocycles. The second-order valence-electron chi connectivity index (χ2n) is 6.79. The zero-order chi connectivity index (χ0) is 18.5. The van der Waals surface area contributed by atoms with Gasteiger partial charge in [0.2, 0.25) is 0 Å². The van der Waals surface area contributed by atoms with Crippen LogP contribution in [0.3, 0.4) is 0 Å². The number of hydrogen-bond donors (Lipinski definition) is 1. The van der Waals surface area contributed by atoms with Crippen LogP contribution in [0.5, 0.6) is 0 Å². The van der Waals surface area contributed by atoms with Crippen LogP contribution in [0.25, 0.3) is 0 Å². The van der Waals surface area contributed by atoms with Gasteiger partial charge in [0.1, 0.15) is 11.6 Å². The molecule has 140 valence electrons. The van der Waals surface area contributed by atoms with Gasteiger partial charge in [0, 0.05) is 45.6 Å². The summed E-state index contributed by atoms with van der Waals surface area (Å²) in [6, 6.07) is 6.62. The summed E-state index contributed by atoms with van der Waals surface area (Å²) in [6.07, 6.45) is 4.89. The fourth-order valence-electron chi connectivity index (χ4n) is 3.19. The molecule has 2 heterocycles. The molecular formula is C19H26FN5S. The fourth-order valence-corrected chi connectivity index (χ4v) is 3.55. The number of imidazole rings is 1. The van der Waals surface area contributed by atoms with Crippen molar-refractivity contribution in [3.05, 3.63) is 53.9 Å². The summed E-state index contributed by atoms with van der Waals surface area (Å²) < 4.78 is 15.1. The highest BCUT2D eigenvalue weighted by Gasteiger charge is 2.19. The number of halogens is 1. The number of nitrogens with one attached hydrogen (secondary N) is 1. The van der Waals surface area contributed by atoms with Gasteiger partial charge in [0.05, 0.1) is 12.6 Å². The lowest BCUT2D eigenvalue weighted by molar-refractivity contribution is 0.268. The highest BCUT2D eigenvalue weighted by atomic mass is 32.1. The third kappa shape index (κ3) is 4.80. The number of rotatable bonds is 4. The molecule has 26 heavy (non-hydrogen) atoms. The lowest BCUT2D eigenvalue weighted by atomic mass is 10.1. The maximum Gasteiger partial charge on any atom is 0.169 e. The van der Waals surface area contributed by atoms with E-state index < -0.39 is 0 Å². The Labute approximate surface area is 159 Å². The van der Waals surface area contributed by atoms with Crippen LogP contribution >= 0.6 is 12.2 Å². The van der Waals surface area contributed by atoms with Crippen molar-refractivity contribution in [1.29, 1.82) is 0 Å². The van der Waals surface area contributed by atoms with Crippen LogP contribution in [0.4, 0.5) is 4.39 Å². The van der Waals surface area contributed by atoms with Crippen LogP contribution in [0, 0.1) is 5.82 Å². The molecule has 0 spiro atoms. The van der Waals surface area contributed by atoms with Crippen molar-refractivity contribution in [3.63, 3.8) is 0 Å². The average molecular weight is 376 g/mol. The summed E-state index contributed by atoms with van der Waals surface area (Å²) in [6.45, 7) is 6.75. The topological polar surface area (TPSA) is 36.3 Å². The molecule has 1 aromatic carbocycles. The Morgan fingerprint density at radius 2 is 2.00 bits per heavy atom. The summed E-state index contributed by atoms with van der Waals surface area (Å²) in [5.41, 5.74) is 1.03. The molecule has 0 amide bonds. The van der Waals surface area contributed by atoms with E-state index in [0.29, 0.717) is 0 Å². The Bertz CT molecular complexity index is 730. The zero-order valence-corrected chi connectivity index (χ0v) is 16.2.